The zero-order chi connectivity index (χ0) is 13.4. The van der Waals surface area contributed by atoms with Crippen LogP contribution in [0.1, 0.15) is 16.7 Å². The summed E-state index contributed by atoms with van der Waals surface area (Å²) >= 11 is 0. The van der Waals surface area contributed by atoms with Gasteiger partial charge >= 0.3 is 0 Å². The van der Waals surface area contributed by atoms with Crippen molar-refractivity contribution in [3.63, 3.8) is 0 Å². The highest BCUT2D eigenvalue weighted by Crippen LogP contribution is 2.33. The number of rotatable bonds is 1. The van der Waals surface area contributed by atoms with E-state index >= 15 is 0 Å². The fourth-order valence-electron chi connectivity index (χ4n) is 2.79. The van der Waals surface area contributed by atoms with Gasteiger partial charge in [-0.2, -0.15) is 0 Å². The lowest BCUT2D eigenvalue weighted by Gasteiger charge is -2.14. The van der Waals surface area contributed by atoms with Crippen molar-refractivity contribution in [1.29, 1.82) is 0 Å². The van der Waals surface area contributed by atoms with Gasteiger partial charge in [0.2, 0.25) is 0 Å². The van der Waals surface area contributed by atoms with Gasteiger partial charge in [0.15, 0.2) is 0 Å². The third-order valence-electron chi connectivity index (χ3n) is 4.07. The average molecular weight is 263 g/mol. The van der Waals surface area contributed by atoms with Crippen LogP contribution < -0.4 is 6.15 Å². The predicted octanol–water partition coefficient (Wildman–Crippen LogP) is 5.59. The van der Waals surface area contributed by atoms with Gasteiger partial charge in [0.25, 0.3) is 0 Å². The average Bonchev–Trinajstić information content (AvgIpc) is 2.44. The van der Waals surface area contributed by atoms with Crippen LogP contribution in [-0.4, -0.2) is 0 Å². The minimum Gasteiger partial charge on any atom is -0.344 e. The second-order valence-electron chi connectivity index (χ2n) is 5.21. The summed E-state index contributed by atoms with van der Waals surface area (Å²) in [6.45, 7) is 6.63. The Morgan fingerprint density at radius 2 is 1.30 bits per heavy atom. The molecule has 3 aromatic carbocycles. The number of hydrogen-bond acceptors (Lipinski definition) is 1. The van der Waals surface area contributed by atoms with Crippen molar-refractivity contribution in [2.45, 2.75) is 20.8 Å². The van der Waals surface area contributed by atoms with E-state index in [1.807, 2.05) is 0 Å². The Labute approximate surface area is 120 Å². The molecule has 1 heteroatoms. The van der Waals surface area contributed by atoms with Gasteiger partial charge in [-0.1, -0.05) is 48.5 Å². The van der Waals surface area contributed by atoms with Crippen molar-refractivity contribution in [1.82, 2.24) is 6.15 Å². The molecule has 0 amide bonds. The van der Waals surface area contributed by atoms with E-state index < -0.39 is 0 Å². The van der Waals surface area contributed by atoms with Crippen molar-refractivity contribution >= 4 is 10.8 Å². The molecule has 102 valence electrons. The molecule has 0 aliphatic carbocycles. The Hall–Kier alpha value is -2.12. The smallest absolute Gasteiger partial charge is 0.0143 e. The van der Waals surface area contributed by atoms with E-state index in [1.165, 1.54) is 38.6 Å². The summed E-state index contributed by atoms with van der Waals surface area (Å²) in [6.07, 6.45) is 0. The van der Waals surface area contributed by atoms with Crippen molar-refractivity contribution in [2.75, 3.05) is 0 Å². The molecule has 0 aliphatic heterocycles. The quantitative estimate of drug-likeness (QED) is 0.610. The van der Waals surface area contributed by atoms with E-state index in [0.29, 0.717) is 0 Å². The van der Waals surface area contributed by atoms with Gasteiger partial charge in [-0.25, -0.2) is 0 Å². The van der Waals surface area contributed by atoms with Crippen molar-refractivity contribution in [3.05, 3.63) is 71.3 Å². The molecule has 0 atom stereocenters. The van der Waals surface area contributed by atoms with Crippen molar-refractivity contribution < 1.29 is 0 Å². The molecule has 0 fully saturated rings. The van der Waals surface area contributed by atoms with Crippen molar-refractivity contribution in [3.8, 4) is 11.1 Å². The third-order valence-corrected chi connectivity index (χ3v) is 4.07. The maximum atomic E-state index is 2.32. The fraction of sp³-hybridized carbons (Fsp3) is 0.158. The van der Waals surface area contributed by atoms with Gasteiger partial charge in [-0.3, -0.25) is 0 Å². The van der Waals surface area contributed by atoms with Crippen LogP contribution in [0.15, 0.2) is 54.6 Å². The fourth-order valence-corrected chi connectivity index (χ4v) is 2.79. The van der Waals surface area contributed by atoms with Gasteiger partial charge in [-0.15, -0.1) is 0 Å². The minimum atomic E-state index is 0. The minimum absolute atomic E-state index is 0. The molecular weight excluding hydrogens is 242 g/mol. The maximum absolute atomic E-state index is 2.32. The molecule has 20 heavy (non-hydrogen) atoms. The number of aryl methyl sites for hydroxylation is 2. The van der Waals surface area contributed by atoms with Crippen LogP contribution in [0.25, 0.3) is 21.9 Å². The number of fused-ring (bicyclic) bond motifs is 1. The topological polar surface area (TPSA) is 35.0 Å². The lowest BCUT2D eigenvalue weighted by molar-refractivity contribution is 1.36. The number of benzene rings is 3. The third kappa shape index (κ3) is 2.21. The first kappa shape index (κ1) is 14.3. The molecule has 0 bridgehead atoms. The van der Waals surface area contributed by atoms with E-state index in [2.05, 4.69) is 75.4 Å². The van der Waals surface area contributed by atoms with Crippen LogP contribution in [0, 0.1) is 20.8 Å². The first-order valence-electron chi connectivity index (χ1n) is 6.73. The van der Waals surface area contributed by atoms with Crippen LogP contribution in [0.3, 0.4) is 0 Å². The lowest BCUT2D eigenvalue weighted by Crippen LogP contribution is -1.91. The second kappa shape index (κ2) is 5.48. The van der Waals surface area contributed by atoms with E-state index in [0.717, 1.165) is 0 Å². The molecular formula is C19H21N. The Kier molecular flexibility index (Phi) is 3.91. The molecule has 0 saturated heterocycles. The predicted molar refractivity (Wildman–Crippen MR) is 88.6 cm³/mol. The molecule has 0 aliphatic rings. The standard InChI is InChI=1S/C19H18.H3N/c1-13-8-4-6-10-17(13)19-12-16-9-5-7-11-18(16)14(2)15(19)3;/h4-12H,1-3H3;1H3. The van der Waals surface area contributed by atoms with Gasteiger partial charge in [-0.05, 0) is 65.4 Å². The summed E-state index contributed by atoms with van der Waals surface area (Å²) in [6, 6.07) is 19.6. The summed E-state index contributed by atoms with van der Waals surface area (Å²) < 4.78 is 0. The summed E-state index contributed by atoms with van der Waals surface area (Å²) in [7, 11) is 0. The summed E-state index contributed by atoms with van der Waals surface area (Å²) in [5, 5.41) is 2.68. The molecule has 0 unspecified atom stereocenters. The van der Waals surface area contributed by atoms with E-state index in [4.69, 9.17) is 0 Å². The Morgan fingerprint density at radius 1 is 0.650 bits per heavy atom. The summed E-state index contributed by atoms with van der Waals surface area (Å²) in [5.74, 6) is 0. The molecule has 0 radical (unpaired) electrons. The van der Waals surface area contributed by atoms with E-state index in [1.54, 1.807) is 0 Å². The second-order valence-corrected chi connectivity index (χ2v) is 5.21. The van der Waals surface area contributed by atoms with E-state index in [9.17, 15) is 0 Å². The summed E-state index contributed by atoms with van der Waals surface area (Å²) in [5.41, 5.74) is 6.80. The van der Waals surface area contributed by atoms with Gasteiger partial charge in [0.1, 0.15) is 0 Å². The molecule has 0 aromatic heterocycles. The van der Waals surface area contributed by atoms with Gasteiger partial charge in [0, 0.05) is 0 Å². The SMILES string of the molecule is Cc1ccccc1-c1cc2ccccc2c(C)c1C.N. The van der Waals surface area contributed by atoms with Crippen LogP contribution in [-0.2, 0) is 0 Å². The lowest BCUT2D eigenvalue weighted by atomic mass is 9.90. The molecule has 3 N–H and O–H groups in total. The largest absolute Gasteiger partial charge is 0.344 e. The Balaban J connectivity index is 0.00000147. The molecule has 3 rings (SSSR count). The highest BCUT2D eigenvalue weighted by molar-refractivity contribution is 5.92. The Bertz CT molecular complexity index is 757. The monoisotopic (exact) mass is 263 g/mol. The zero-order valence-electron chi connectivity index (χ0n) is 12.4. The highest BCUT2D eigenvalue weighted by atomic mass is 14.1. The first-order valence-corrected chi connectivity index (χ1v) is 6.73. The normalized spacial score (nSPS) is 10.3. The first-order chi connectivity index (χ1) is 9.18. The molecule has 0 saturated carbocycles. The van der Waals surface area contributed by atoms with Gasteiger partial charge < -0.3 is 6.15 Å². The van der Waals surface area contributed by atoms with Gasteiger partial charge in [0.05, 0.1) is 0 Å². The van der Waals surface area contributed by atoms with Crippen LogP contribution in [0.5, 0.6) is 0 Å². The number of hydrogen-bond donors (Lipinski definition) is 1. The zero-order valence-corrected chi connectivity index (χ0v) is 12.4. The van der Waals surface area contributed by atoms with Crippen LogP contribution in [0.2, 0.25) is 0 Å². The summed E-state index contributed by atoms with van der Waals surface area (Å²) in [4.78, 5) is 0. The molecule has 0 heterocycles. The highest BCUT2D eigenvalue weighted by Gasteiger charge is 2.09. The van der Waals surface area contributed by atoms with Crippen molar-refractivity contribution in [2.24, 2.45) is 0 Å². The Morgan fingerprint density at radius 3 is 2.05 bits per heavy atom. The van der Waals surface area contributed by atoms with Crippen LogP contribution in [0.4, 0.5) is 0 Å². The maximum Gasteiger partial charge on any atom is -0.0143 e. The molecule has 0 spiro atoms. The molecule has 1 nitrogen and oxygen atoms in total. The van der Waals surface area contributed by atoms with E-state index in [-0.39, 0.29) is 6.15 Å². The van der Waals surface area contributed by atoms with Crippen LogP contribution >= 0.6 is 0 Å². The molecule has 3 aromatic rings.